The molecule has 0 saturated heterocycles. The molecule has 2 aromatic rings. The maximum atomic E-state index is 8.88. The van der Waals surface area contributed by atoms with E-state index in [1.165, 1.54) is 11.3 Å². The Bertz CT molecular complexity index is 531. The number of hydrogen-bond donors (Lipinski definition) is 1. The first-order chi connectivity index (χ1) is 6.76. The average Bonchev–Trinajstić information content (AvgIpc) is 2.57. The van der Waals surface area contributed by atoms with Gasteiger partial charge in [-0.1, -0.05) is 0 Å². The molecule has 0 bridgehead atoms. The normalized spacial score (nSPS) is 10.1. The number of halogens is 1. The van der Waals surface area contributed by atoms with Gasteiger partial charge in [0.15, 0.2) is 0 Å². The van der Waals surface area contributed by atoms with Gasteiger partial charge in [-0.15, -0.1) is 11.3 Å². The Kier molecular flexibility index (Phi) is 2.69. The fourth-order valence-electron chi connectivity index (χ4n) is 1.19. The van der Waals surface area contributed by atoms with Crippen molar-refractivity contribution in [2.45, 2.75) is 0 Å². The first kappa shape index (κ1) is 9.85. The molecule has 14 heavy (non-hydrogen) atoms. The zero-order valence-corrected chi connectivity index (χ0v) is 10.5. The molecule has 1 N–H and O–H groups in total. The second-order valence-electron chi connectivity index (χ2n) is 2.57. The largest absolute Gasteiger partial charge is 0.354 e. The summed E-state index contributed by atoms with van der Waals surface area (Å²) < 4.78 is 1.96. The van der Waals surface area contributed by atoms with Crippen molar-refractivity contribution in [1.82, 2.24) is 4.98 Å². The molecule has 1 unspecified atom stereocenters. The van der Waals surface area contributed by atoms with Crippen LogP contribution in [0.5, 0.6) is 0 Å². The number of hydrogen-bond acceptors (Lipinski definition) is 4. The summed E-state index contributed by atoms with van der Waals surface area (Å²) in [4.78, 5) is 4.14. The Morgan fingerprint density at radius 1 is 1.64 bits per heavy atom. The smallest absolute Gasteiger partial charge is 0.137 e. The summed E-state index contributed by atoms with van der Waals surface area (Å²) in [7, 11) is 2.40. The molecule has 0 amide bonds. The molecule has 70 valence electrons. The second kappa shape index (κ2) is 3.82. The third-order valence-electron chi connectivity index (χ3n) is 1.78. The second-order valence-corrected chi connectivity index (χ2v) is 5.29. The van der Waals surface area contributed by atoms with Gasteiger partial charge in [0.05, 0.1) is 14.0 Å². The number of fused-ring (bicyclic) bond motifs is 1. The van der Waals surface area contributed by atoms with E-state index in [1.54, 1.807) is 6.20 Å². The lowest BCUT2D eigenvalue weighted by Crippen LogP contribution is -1.87. The Labute approximate surface area is 95.5 Å². The lowest BCUT2D eigenvalue weighted by molar-refractivity contribution is 1.35. The minimum atomic E-state index is 0.611. The molecule has 3 nitrogen and oxygen atoms in total. The lowest BCUT2D eigenvalue weighted by Gasteiger charge is -2.00. The Morgan fingerprint density at radius 3 is 3.07 bits per heavy atom. The molecule has 1 atom stereocenters. The van der Waals surface area contributed by atoms with Crippen LogP contribution < -0.4 is 5.09 Å². The third kappa shape index (κ3) is 1.50. The summed E-state index contributed by atoms with van der Waals surface area (Å²) >= 11 is 4.94. The molecule has 0 fully saturated rings. The molecule has 0 aliphatic heterocycles. The van der Waals surface area contributed by atoms with Gasteiger partial charge in [-0.2, -0.15) is 5.26 Å². The van der Waals surface area contributed by atoms with Crippen LogP contribution in [0.15, 0.2) is 16.0 Å². The minimum Gasteiger partial charge on any atom is -0.354 e. The molecule has 2 rings (SSSR count). The van der Waals surface area contributed by atoms with E-state index in [0.717, 1.165) is 19.7 Å². The Morgan fingerprint density at radius 2 is 2.43 bits per heavy atom. The van der Waals surface area contributed by atoms with Crippen LogP contribution in [0.4, 0.5) is 5.82 Å². The van der Waals surface area contributed by atoms with Gasteiger partial charge < -0.3 is 5.09 Å². The molecule has 0 spiro atoms. The number of nitriles is 1. The zero-order chi connectivity index (χ0) is 10.1. The van der Waals surface area contributed by atoms with Gasteiger partial charge >= 0.3 is 0 Å². The van der Waals surface area contributed by atoms with Crippen LogP contribution in [0.2, 0.25) is 0 Å². The number of pyridine rings is 1. The molecule has 6 heteroatoms. The fourth-order valence-corrected chi connectivity index (χ4v) is 2.98. The molecule has 0 aliphatic carbocycles. The van der Waals surface area contributed by atoms with Crippen LogP contribution in [0, 0.1) is 11.3 Å². The highest BCUT2D eigenvalue weighted by atomic mass is 79.9. The Balaban J connectivity index is 2.86. The Hall–Kier alpha value is -0.690. The maximum Gasteiger partial charge on any atom is 0.137 e. The van der Waals surface area contributed by atoms with E-state index < -0.39 is 0 Å². The van der Waals surface area contributed by atoms with Crippen LogP contribution >= 0.6 is 36.7 Å². The van der Waals surface area contributed by atoms with Crippen molar-refractivity contribution in [2.75, 3.05) is 5.09 Å². The highest BCUT2D eigenvalue weighted by Crippen LogP contribution is 2.35. The van der Waals surface area contributed by atoms with E-state index in [2.05, 4.69) is 41.5 Å². The standard InChI is InChI=1S/C8H5BrN3PS/c9-6-1-5-7(14-6)4(2-10)3-11-8(5)12-13/h1,3H,13H2,(H,11,12). The number of nitrogens with one attached hydrogen (secondary N) is 1. The highest BCUT2D eigenvalue weighted by molar-refractivity contribution is 9.11. The predicted octanol–water partition coefficient (Wildman–Crippen LogP) is 3.13. The number of thiophene rings is 1. The zero-order valence-electron chi connectivity index (χ0n) is 6.91. The van der Waals surface area contributed by atoms with Gasteiger partial charge in [0, 0.05) is 11.6 Å². The average molecular weight is 286 g/mol. The van der Waals surface area contributed by atoms with E-state index >= 15 is 0 Å². The first-order valence-corrected chi connectivity index (χ1v) is 5.89. The highest BCUT2D eigenvalue weighted by Gasteiger charge is 2.09. The molecular weight excluding hydrogens is 281 g/mol. The number of aromatic nitrogens is 1. The number of nitrogens with zero attached hydrogens (tertiary/aromatic N) is 2. The van der Waals surface area contributed by atoms with Crippen molar-refractivity contribution in [3.05, 3.63) is 21.6 Å². The topological polar surface area (TPSA) is 48.7 Å². The van der Waals surface area contributed by atoms with E-state index in [-0.39, 0.29) is 0 Å². The van der Waals surface area contributed by atoms with Crippen LogP contribution in [-0.2, 0) is 0 Å². The van der Waals surface area contributed by atoms with Crippen LogP contribution in [0.3, 0.4) is 0 Å². The molecule has 0 aliphatic rings. The quantitative estimate of drug-likeness (QED) is 0.819. The van der Waals surface area contributed by atoms with Crippen molar-refractivity contribution >= 4 is 52.6 Å². The van der Waals surface area contributed by atoms with Gasteiger partial charge in [0.2, 0.25) is 0 Å². The van der Waals surface area contributed by atoms with Crippen LogP contribution in [-0.4, -0.2) is 4.98 Å². The van der Waals surface area contributed by atoms with Crippen molar-refractivity contribution in [2.24, 2.45) is 0 Å². The summed E-state index contributed by atoms with van der Waals surface area (Å²) in [5.74, 6) is 0.769. The third-order valence-corrected chi connectivity index (χ3v) is 3.73. The number of anilines is 1. The van der Waals surface area contributed by atoms with Gasteiger partial charge in [-0.25, -0.2) is 4.98 Å². The minimum absolute atomic E-state index is 0.611. The summed E-state index contributed by atoms with van der Waals surface area (Å²) in [6.45, 7) is 0. The molecule has 0 aromatic carbocycles. The van der Waals surface area contributed by atoms with Gasteiger partial charge in [-0.05, 0) is 31.4 Å². The lowest BCUT2D eigenvalue weighted by atomic mass is 10.2. The molecule has 0 radical (unpaired) electrons. The van der Waals surface area contributed by atoms with Crippen LogP contribution in [0.25, 0.3) is 10.1 Å². The van der Waals surface area contributed by atoms with Gasteiger partial charge in [-0.3, -0.25) is 0 Å². The van der Waals surface area contributed by atoms with E-state index in [4.69, 9.17) is 5.26 Å². The van der Waals surface area contributed by atoms with Crippen molar-refractivity contribution in [1.29, 1.82) is 5.26 Å². The number of rotatable bonds is 1. The van der Waals surface area contributed by atoms with Gasteiger partial charge in [0.1, 0.15) is 11.9 Å². The van der Waals surface area contributed by atoms with E-state index in [1.807, 2.05) is 6.07 Å². The molecular formula is C8H5BrN3PS. The molecule has 0 saturated carbocycles. The SMILES string of the molecule is N#Cc1cnc(NP)c2cc(Br)sc12. The van der Waals surface area contributed by atoms with Crippen molar-refractivity contribution in [3.8, 4) is 6.07 Å². The monoisotopic (exact) mass is 285 g/mol. The summed E-state index contributed by atoms with van der Waals surface area (Å²) in [6, 6.07) is 4.09. The first-order valence-electron chi connectivity index (χ1n) is 3.71. The van der Waals surface area contributed by atoms with E-state index in [9.17, 15) is 0 Å². The van der Waals surface area contributed by atoms with Crippen molar-refractivity contribution in [3.63, 3.8) is 0 Å². The van der Waals surface area contributed by atoms with E-state index in [0.29, 0.717) is 5.56 Å². The van der Waals surface area contributed by atoms with Crippen LogP contribution in [0.1, 0.15) is 5.56 Å². The summed E-state index contributed by atoms with van der Waals surface area (Å²) in [6.07, 6.45) is 1.58. The summed E-state index contributed by atoms with van der Waals surface area (Å²) in [5, 5.41) is 12.8. The van der Waals surface area contributed by atoms with Crippen molar-refractivity contribution < 1.29 is 0 Å². The summed E-state index contributed by atoms with van der Waals surface area (Å²) in [5.41, 5.74) is 0.611. The predicted molar refractivity (Wildman–Crippen MR) is 65.4 cm³/mol. The maximum absolute atomic E-state index is 8.88. The molecule has 2 heterocycles. The van der Waals surface area contributed by atoms with Gasteiger partial charge in [0.25, 0.3) is 0 Å². The fraction of sp³-hybridized carbons (Fsp3) is 0. The molecule has 2 aromatic heterocycles.